The Hall–Kier alpha value is -3.72. The number of hydrogen-bond donors (Lipinski definition) is 1. The second-order valence-corrected chi connectivity index (χ2v) is 5.53. The number of non-ortho nitro benzene ring substituents is 1. The highest BCUT2D eigenvalue weighted by atomic mass is 16.6. The molecule has 1 N–H and O–H groups in total. The van der Waals surface area contributed by atoms with Gasteiger partial charge in [-0.25, -0.2) is 0 Å². The average molecular weight is 331 g/mol. The highest BCUT2D eigenvalue weighted by Gasteiger charge is 2.15. The maximum absolute atomic E-state index is 12.1. The Morgan fingerprint density at radius 1 is 1.04 bits per heavy atom. The fourth-order valence-corrected chi connectivity index (χ4v) is 2.77. The smallest absolute Gasteiger partial charge is 0.270 e. The van der Waals surface area contributed by atoms with Gasteiger partial charge in [-0.05, 0) is 29.7 Å². The molecule has 25 heavy (non-hydrogen) atoms. The molecule has 0 saturated heterocycles. The molecule has 6 nitrogen and oxygen atoms in total. The van der Waals surface area contributed by atoms with Crippen molar-refractivity contribution in [2.45, 2.75) is 6.92 Å². The number of hydrogen-bond acceptors (Lipinski definition) is 4. The third-order valence-electron chi connectivity index (χ3n) is 3.86. The van der Waals surface area contributed by atoms with E-state index in [9.17, 15) is 20.2 Å². The number of aromatic nitrogens is 1. The molecule has 0 bridgehead atoms. The van der Waals surface area contributed by atoms with E-state index in [2.05, 4.69) is 4.98 Å². The molecular formula is C19H13N3O3. The zero-order valence-corrected chi connectivity index (χ0v) is 13.3. The first-order valence-corrected chi connectivity index (χ1v) is 7.49. The molecule has 3 rings (SSSR count). The first-order chi connectivity index (χ1) is 12.0. The number of aromatic amines is 1. The first kappa shape index (κ1) is 16.1. The van der Waals surface area contributed by atoms with E-state index in [0.29, 0.717) is 27.9 Å². The summed E-state index contributed by atoms with van der Waals surface area (Å²) in [4.78, 5) is 25.3. The van der Waals surface area contributed by atoms with Crippen molar-refractivity contribution in [3.8, 4) is 28.3 Å². The van der Waals surface area contributed by atoms with Crippen LogP contribution in [0.15, 0.2) is 59.4 Å². The van der Waals surface area contributed by atoms with Gasteiger partial charge in [0.25, 0.3) is 11.2 Å². The minimum atomic E-state index is -0.454. The number of nitrogens with zero attached hydrogens (tertiary/aromatic N) is 2. The lowest BCUT2D eigenvalue weighted by molar-refractivity contribution is -0.384. The third-order valence-corrected chi connectivity index (χ3v) is 3.86. The van der Waals surface area contributed by atoms with E-state index in [4.69, 9.17) is 0 Å². The van der Waals surface area contributed by atoms with Gasteiger partial charge in [-0.1, -0.05) is 36.4 Å². The van der Waals surface area contributed by atoms with Crippen LogP contribution in [-0.2, 0) is 0 Å². The maximum atomic E-state index is 12.1. The minimum Gasteiger partial charge on any atom is -0.325 e. The van der Waals surface area contributed by atoms with Gasteiger partial charge < -0.3 is 4.98 Å². The van der Waals surface area contributed by atoms with Gasteiger partial charge in [-0.15, -0.1) is 0 Å². The van der Waals surface area contributed by atoms with Gasteiger partial charge >= 0.3 is 0 Å². The molecule has 0 unspecified atom stereocenters. The van der Waals surface area contributed by atoms with Crippen LogP contribution in [0.5, 0.6) is 0 Å². The van der Waals surface area contributed by atoms with E-state index in [0.717, 1.165) is 0 Å². The largest absolute Gasteiger partial charge is 0.325 e. The number of aryl methyl sites for hydroxylation is 1. The topological polar surface area (TPSA) is 99.8 Å². The summed E-state index contributed by atoms with van der Waals surface area (Å²) in [5.41, 5.74) is 2.72. The van der Waals surface area contributed by atoms with Crippen LogP contribution < -0.4 is 5.56 Å². The van der Waals surface area contributed by atoms with Crippen LogP contribution in [0.3, 0.4) is 0 Å². The third kappa shape index (κ3) is 3.03. The molecule has 0 aliphatic carbocycles. The summed E-state index contributed by atoms with van der Waals surface area (Å²) in [6.45, 7) is 1.74. The molecule has 3 aromatic rings. The molecule has 0 fully saturated rings. The van der Waals surface area contributed by atoms with E-state index < -0.39 is 10.5 Å². The fraction of sp³-hybridized carbons (Fsp3) is 0.0526. The van der Waals surface area contributed by atoms with Crippen LogP contribution in [0.2, 0.25) is 0 Å². The lowest BCUT2D eigenvalue weighted by Crippen LogP contribution is -2.12. The lowest BCUT2D eigenvalue weighted by atomic mass is 9.92. The molecule has 122 valence electrons. The van der Waals surface area contributed by atoms with Gasteiger partial charge in [-0.3, -0.25) is 14.9 Å². The molecule has 0 spiro atoms. The number of rotatable bonds is 3. The van der Waals surface area contributed by atoms with E-state index in [1.54, 1.807) is 37.3 Å². The van der Waals surface area contributed by atoms with E-state index >= 15 is 0 Å². The SMILES string of the molecule is Cc1cc(-c2ccccc2-c2cccc([N+](=O)[O-])c2)c(C#N)c(=O)[nH]1. The number of nitrogens with one attached hydrogen (secondary N) is 1. The monoisotopic (exact) mass is 331 g/mol. The Balaban J connectivity index is 2.29. The summed E-state index contributed by atoms with van der Waals surface area (Å²) < 4.78 is 0. The van der Waals surface area contributed by atoms with Crippen LogP contribution in [0.25, 0.3) is 22.3 Å². The van der Waals surface area contributed by atoms with E-state index in [-0.39, 0.29) is 11.3 Å². The predicted octanol–water partition coefficient (Wildman–Crippen LogP) is 3.80. The van der Waals surface area contributed by atoms with Crippen molar-refractivity contribution in [1.29, 1.82) is 5.26 Å². The van der Waals surface area contributed by atoms with Crippen molar-refractivity contribution in [2.24, 2.45) is 0 Å². The first-order valence-electron chi connectivity index (χ1n) is 7.49. The lowest BCUT2D eigenvalue weighted by Gasteiger charge is -2.12. The van der Waals surface area contributed by atoms with E-state index in [1.165, 1.54) is 12.1 Å². The van der Waals surface area contributed by atoms with Gasteiger partial charge in [0, 0.05) is 23.4 Å². The van der Waals surface area contributed by atoms with Crippen molar-refractivity contribution < 1.29 is 4.92 Å². The van der Waals surface area contributed by atoms with Crippen molar-refractivity contribution in [3.05, 3.63) is 86.3 Å². The van der Waals surface area contributed by atoms with Gasteiger partial charge in [0.15, 0.2) is 0 Å². The fourth-order valence-electron chi connectivity index (χ4n) is 2.77. The summed E-state index contributed by atoms with van der Waals surface area (Å²) in [6.07, 6.45) is 0. The maximum Gasteiger partial charge on any atom is 0.270 e. The molecule has 0 radical (unpaired) electrons. The van der Waals surface area contributed by atoms with Crippen molar-refractivity contribution in [2.75, 3.05) is 0 Å². The number of benzene rings is 2. The minimum absolute atomic E-state index is 0.0171. The standard InChI is InChI=1S/C19H13N3O3/c1-12-9-17(18(11-20)19(23)21-12)16-8-3-2-7-15(16)13-5-4-6-14(10-13)22(24)25/h2-10H,1H3,(H,21,23). The highest BCUT2D eigenvalue weighted by Crippen LogP contribution is 2.34. The number of nitro benzene ring substituents is 1. The van der Waals surface area contributed by atoms with Gasteiger partial charge in [-0.2, -0.15) is 5.26 Å². The van der Waals surface area contributed by atoms with Crippen LogP contribution in [0, 0.1) is 28.4 Å². The summed E-state index contributed by atoms with van der Waals surface area (Å²) in [6, 6.07) is 17.2. The predicted molar refractivity (Wildman–Crippen MR) is 94.0 cm³/mol. The molecular weight excluding hydrogens is 318 g/mol. The number of nitro groups is 1. The molecule has 1 aromatic heterocycles. The molecule has 0 aliphatic rings. The Labute approximate surface area is 143 Å². The van der Waals surface area contributed by atoms with Crippen LogP contribution in [0.1, 0.15) is 11.3 Å². The molecule has 2 aromatic carbocycles. The number of nitriles is 1. The Kier molecular flexibility index (Phi) is 4.14. The highest BCUT2D eigenvalue weighted by molar-refractivity contribution is 5.86. The molecule has 6 heteroatoms. The Morgan fingerprint density at radius 2 is 1.76 bits per heavy atom. The zero-order chi connectivity index (χ0) is 18.0. The Bertz CT molecular complexity index is 1080. The summed E-state index contributed by atoms with van der Waals surface area (Å²) in [7, 11) is 0. The molecule has 0 saturated carbocycles. The van der Waals surface area contributed by atoms with Crippen LogP contribution in [0.4, 0.5) is 5.69 Å². The molecule has 0 amide bonds. The Morgan fingerprint density at radius 3 is 2.44 bits per heavy atom. The van der Waals surface area contributed by atoms with Crippen molar-refractivity contribution in [3.63, 3.8) is 0 Å². The normalized spacial score (nSPS) is 10.2. The second kappa shape index (κ2) is 6.42. The van der Waals surface area contributed by atoms with Crippen LogP contribution >= 0.6 is 0 Å². The second-order valence-electron chi connectivity index (χ2n) is 5.53. The van der Waals surface area contributed by atoms with Gasteiger partial charge in [0.1, 0.15) is 11.6 Å². The van der Waals surface area contributed by atoms with Crippen LogP contribution in [-0.4, -0.2) is 9.91 Å². The number of pyridine rings is 1. The van der Waals surface area contributed by atoms with Crippen molar-refractivity contribution >= 4 is 5.69 Å². The summed E-state index contributed by atoms with van der Waals surface area (Å²) in [5, 5.41) is 20.4. The molecule has 0 aliphatic heterocycles. The van der Waals surface area contributed by atoms with E-state index in [1.807, 2.05) is 18.2 Å². The zero-order valence-electron chi connectivity index (χ0n) is 13.3. The van der Waals surface area contributed by atoms with Gasteiger partial charge in [0.2, 0.25) is 0 Å². The summed E-state index contributed by atoms with van der Waals surface area (Å²) >= 11 is 0. The molecule has 0 atom stereocenters. The van der Waals surface area contributed by atoms with Crippen molar-refractivity contribution in [1.82, 2.24) is 4.98 Å². The molecule has 1 heterocycles. The summed E-state index contributed by atoms with van der Waals surface area (Å²) in [5.74, 6) is 0. The number of H-pyrrole nitrogens is 1. The average Bonchev–Trinajstić information content (AvgIpc) is 2.61. The quantitative estimate of drug-likeness (QED) is 0.583. The van der Waals surface area contributed by atoms with Gasteiger partial charge in [0.05, 0.1) is 4.92 Å².